The molecule has 0 aliphatic carbocycles. The van der Waals surface area contributed by atoms with Crippen molar-refractivity contribution in [2.45, 2.75) is 83.0 Å². The maximum Gasteiger partial charge on any atom is 0.303 e. The molecule has 0 bridgehead atoms. The van der Waals surface area contributed by atoms with Crippen LogP contribution in [0.15, 0.2) is 36.5 Å². The maximum atomic E-state index is 10.4. The fraction of sp³-hybridized carbons (Fsp3) is 0.650. The zero-order valence-electron chi connectivity index (χ0n) is 14.8. The monoisotopic (exact) mass is 336 g/mol. The van der Waals surface area contributed by atoms with Crippen molar-refractivity contribution in [3.8, 4) is 0 Å². The lowest BCUT2D eigenvalue weighted by atomic mass is 10.1. The molecule has 1 aliphatic heterocycles. The molecule has 0 spiro atoms. The predicted octanol–water partition coefficient (Wildman–Crippen LogP) is 4.40. The fourth-order valence-electron chi connectivity index (χ4n) is 2.50. The number of hydrogen-bond donors (Lipinski definition) is 2. The summed E-state index contributed by atoms with van der Waals surface area (Å²) in [7, 11) is 0. The van der Waals surface area contributed by atoms with Gasteiger partial charge < -0.3 is 14.9 Å². The number of carboxylic acids is 1. The normalized spacial score (nSPS) is 21.9. The second-order valence-corrected chi connectivity index (χ2v) is 6.25. The number of ether oxygens (including phenoxy) is 1. The first-order valence-corrected chi connectivity index (χ1v) is 9.17. The number of aliphatic carboxylic acids is 1. The quantitative estimate of drug-likeness (QED) is 0.280. The van der Waals surface area contributed by atoms with Crippen LogP contribution in [0.5, 0.6) is 0 Å². The van der Waals surface area contributed by atoms with Crippen LogP contribution in [0.4, 0.5) is 0 Å². The highest BCUT2D eigenvalue weighted by molar-refractivity contribution is 5.66. The van der Waals surface area contributed by atoms with Crippen molar-refractivity contribution in [2.75, 3.05) is 0 Å². The van der Waals surface area contributed by atoms with Crippen LogP contribution in [0.2, 0.25) is 0 Å². The highest BCUT2D eigenvalue weighted by Crippen LogP contribution is 2.29. The average Bonchev–Trinajstić information content (AvgIpc) is 3.32. The lowest BCUT2D eigenvalue weighted by molar-refractivity contribution is -0.137. The Labute approximate surface area is 145 Å². The van der Waals surface area contributed by atoms with E-state index in [0.29, 0.717) is 6.42 Å². The Morgan fingerprint density at radius 1 is 1.08 bits per heavy atom. The molecule has 1 fully saturated rings. The summed E-state index contributed by atoms with van der Waals surface area (Å²) in [6.45, 7) is 2.20. The number of unbranched alkanes of at least 4 members (excludes halogenated alkanes) is 4. The molecule has 1 aliphatic rings. The standard InChI is InChI=1S/C20H32O4/c1-2-3-4-5-9-12-15-18-20(24-18)17(21)14-11-8-6-7-10-13-16-19(22)23/h6-7,9,11-12,14,17-18,20-21H,2-5,8,10,13,15-16H2,1H3,(H,22,23)/b7-6+,12-9+,14-11+. The van der Waals surface area contributed by atoms with E-state index in [-0.39, 0.29) is 18.6 Å². The second kappa shape index (κ2) is 13.0. The van der Waals surface area contributed by atoms with Gasteiger partial charge in [0.15, 0.2) is 0 Å². The highest BCUT2D eigenvalue weighted by Gasteiger charge is 2.42. The molecule has 4 heteroatoms. The Balaban J connectivity index is 2.04. The lowest BCUT2D eigenvalue weighted by Gasteiger charge is -1.99. The molecule has 0 radical (unpaired) electrons. The topological polar surface area (TPSA) is 70.1 Å². The molecule has 0 saturated carbocycles. The number of carbonyl (C=O) groups is 1. The molecule has 3 unspecified atom stereocenters. The van der Waals surface area contributed by atoms with Gasteiger partial charge in [-0.3, -0.25) is 4.79 Å². The zero-order valence-corrected chi connectivity index (χ0v) is 14.8. The van der Waals surface area contributed by atoms with E-state index in [4.69, 9.17) is 9.84 Å². The molecular formula is C20H32O4. The molecule has 0 aromatic heterocycles. The van der Waals surface area contributed by atoms with Crippen LogP contribution in [-0.4, -0.2) is 34.5 Å². The van der Waals surface area contributed by atoms with Gasteiger partial charge in [0.1, 0.15) is 12.2 Å². The van der Waals surface area contributed by atoms with Crippen molar-refractivity contribution in [3.05, 3.63) is 36.5 Å². The number of allylic oxidation sites excluding steroid dienone is 4. The molecular weight excluding hydrogens is 304 g/mol. The van der Waals surface area contributed by atoms with Gasteiger partial charge in [0, 0.05) is 6.42 Å². The Morgan fingerprint density at radius 2 is 1.83 bits per heavy atom. The maximum absolute atomic E-state index is 10.4. The summed E-state index contributed by atoms with van der Waals surface area (Å²) in [4.78, 5) is 10.4. The first kappa shape index (κ1) is 20.7. The minimum atomic E-state index is -0.749. The number of hydrogen-bond acceptors (Lipinski definition) is 3. The van der Waals surface area contributed by atoms with E-state index in [2.05, 4.69) is 19.1 Å². The number of aliphatic hydroxyl groups excluding tert-OH is 1. The third-order valence-electron chi connectivity index (χ3n) is 4.00. The van der Waals surface area contributed by atoms with Crippen molar-refractivity contribution >= 4 is 5.97 Å². The third-order valence-corrected chi connectivity index (χ3v) is 4.00. The van der Waals surface area contributed by atoms with Crippen LogP contribution in [-0.2, 0) is 9.53 Å². The van der Waals surface area contributed by atoms with E-state index in [1.807, 2.05) is 18.2 Å². The molecule has 24 heavy (non-hydrogen) atoms. The molecule has 4 nitrogen and oxygen atoms in total. The van der Waals surface area contributed by atoms with E-state index in [1.54, 1.807) is 6.08 Å². The van der Waals surface area contributed by atoms with Gasteiger partial charge in [-0.2, -0.15) is 0 Å². The number of rotatable bonds is 14. The summed E-state index contributed by atoms with van der Waals surface area (Å²) in [5.41, 5.74) is 0. The molecule has 0 aromatic rings. The van der Waals surface area contributed by atoms with Crippen LogP contribution < -0.4 is 0 Å². The number of aliphatic hydroxyl groups is 1. The zero-order chi connectivity index (χ0) is 17.6. The van der Waals surface area contributed by atoms with Gasteiger partial charge in [0.25, 0.3) is 0 Å². The molecule has 2 N–H and O–H groups in total. The fourth-order valence-corrected chi connectivity index (χ4v) is 2.50. The Bertz CT molecular complexity index is 425. The first-order chi connectivity index (χ1) is 11.6. The third kappa shape index (κ3) is 10.4. The van der Waals surface area contributed by atoms with E-state index in [9.17, 15) is 9.90 Å². The van der Waals surface area contributed by atoms with Crippen molar-refractivity contribution in [3.63, 3.8) is 0 Å². The van der Waals surface area contributed by atoms with Crippen LogP contribution in [0, 0.1) is 0 Å². The van der Waals surface area contributed by atoms with Crippen LogP contribution in [0.1, 0.15) is 64.7 Å². The lowest BCUT2D eigenvalue weighted by Crippen LogP contribution is -2.13. The minimum absolute atomic E-state index is 0.0684. The van der Waals surface area contributed by atoms with E-state index < -0.39 is 12.1 Å². The molecule has 136 valence electrons. The van der Waals surface area contributed by atoms with Crippen molar-refractivity contribution in [2.24, 2.45) is 0 Å². The summed E-state index contributed by atoms with van der Waals surface area (Å²) in [6.07, 6.45) is 19.8. The number of carboxylic acid groups (broad SMARTS) is 1. The Morgan fingerprint density at radius 3 is 2.58 bits per heavy atom. The molecule has 0 amide bonds. The Kier molecular flexibility index (Phi) is 11.2. The minimum Gasteiger partial charge on any atom is -0.481 e. The van der Waals surface area contributed by atoms with Gasteiger partial charge in [0.05, 0.1) is 6.10 Å². The van der Waals surface area contributed by atoms with Crippen molar-refractivity contribution in [1.29, 1.82) is 0 Å². The molecule has 1 saturated heterocycles. The summed E-state index contributed by atoms with van der Waals surface area (Å²) in [5, 5.41) is 18.5. The van der Waals surface area contributed by atoms with Crippen LogP contribution in [0.3, 0.4) is 0 Å². The van der Waals surface area contributed by atoms with Gasteiger partial charge in [-0.05, 0) is 38.5 Å². The van der Waals surface area contributed by atoms with Gasteiger partial charge >= 0.3 is 5.97 Å². The van der Waals surface area contributed by atoms with E-state index >= 15 is 0 Å². The van der Waals surface area contributed by atoms with Crippen LogP contribution >= 0.6 is 0 Å². The predicted molar refractivity (Wildman–Crippen MR) is 97.0 cm³/mol. The van der Waals surface area contributed by atoms with Crippen LogP contribution in [0.25, 0.3) is 0 Å². The van der Waals surface area contributed by atoms with Crippen molar-refractivity contribution < 1.29 is 19.7 Å². The highest BCUT2D eigenvalue weighted by atomic mass is 16.6. The Hall–Kier alpha value is -1.39. The van der Waals surface area contributed by atoms with Gasteiger partial charge in [0.2, 0.25) is 0 Å². The average molecular weight is 336 g/mol. The summed E-state index contributed by atoms with van der Waals surface area (Å²) in [6, 6.07) is 0. The summed E-state index contributed by atoms with van der Waals surface area (Å²) < 4.78 is 5.51. The van der Waals surface area contributed by atoms with Gasteiger partial charge in [-0.25, -0.2) is 0 Å². The molecule has 3 atom stereocenters. The first-order valence-electron chi connectivity index (χ1n) is 9.17. The van der Waals surface area contributed by atoms with E-state index in [1.165, 1.54) is 19.3 Å². The number of epoxide rings is 1. The second-order valence-electron chi connectivity index (χ2n) is 6.25. The summed E-state index contributed by atoms with van der Waals surface area (Å²) in [5.74, 6) is -0.749. The SMILES string of the molecule is CCCCC/C=C/CC1OC1C(O)/C=C/C/C=C/CCCC(=O)O. The van der Waals surface area contributed by atoms with Gasteiger partial charge in [-0.15, -0.1) is 0 Å². The van der Waals surface area contributed by atoms with Gasteiger partial charge in [-0.1, -0.05) is 56.2 Å². The molecule has 1 rings (SSSR count). The van der Waals surface area contributed by atoms with Crippen molar-refractivity contribution in [1.82, 2.24) is 0 Å². The smallest absolute Gasteiger partial charge is 0.303 e. The molecule has 1 heterocycles. The molecule has 0 aromatic carbocycles. The summed E-state index contributed by atoms with van der Waals surface area (Å²) >= 11 is 0. The largest absolute Gasteiger partial charge is 0.481 e. The van der Waals surface area contributed by atoms with E-state index in [0.717, 1.165) is 25.7 Å².